The normalized spacial score (nSPS) is 9.83. The van der Waals surface area contributed by atoms with Crippen LogP contribution in [-0.2, 0) is 0 Å². The topological polar surface area (TPSA) is 71.3 Å². The molecule has 2 N–H and O–H groups in total. The molecule has 0 saturated heterocycles. The Kier molecular flexibility index (Phi) is 3.98. The van der Waals surface area contributed by atoms with Crippen LogP contribution in [0, 0.1) is 3.57 Å². The smallest absolute Gasteiger partial charge is 0.305 e. The summed E-state index contributed by atoms with van der Waals surface area (Å²) in [6.45, 7) is 0. The Bertz CT molecular complexity index is 566. The number of halogens is 1. The molecule has 18 heavy (non-hydrogen) atoms. The third-order valence-electron chi connectivity index (χ3n) is 2.15. The molecule has 1 aromatic carbocycles. The van der Waals surface area contributed by atoms with Crippen molar-refractivity contribution in [3.05, 3.63) is 57.6 Å². The van der Waals surface area contributed by atoms with E-state index in [9.17, 15) is 9.59 Å². The summed E-state index contributed by atoms with van der Waals surface area (Å²) < 4.78 is 5.70. The molecule has 5 nitrogen and oxygen atoms in total. The fraction of sp³-hybridized carbons (Fsp3) is 0. The first-order valence-electron chi connectivity index (χ1n) is 5.07. The number of amides is 2. The molecule has 0 saturated carbocycles. The van der Waals surface area contributed by atoms with Crippen LogP contribution in [0.2, 0.25) is 0 Å². The molecule has 2 rings (SSSR count). The van der Waals surface area contributed by atoms with E-state index >= 15 is 0 Å². The largest absolute Gasteiger partial charge is 0.459 e. The van der Waals surface area contributed by atoms with Gasteiger partial charge < -0.3 is 4.42 Å². The van der Waals surface area contributed by atoms with Crippen LogP contribution in [0.15, 0.2) is 47.1 Å². The summed E-state index contributed by atoms with van der Waals surface area (Å²) in [6, 6.07) is 10.2. The lowest BCUT2D eigenvalue weighted by Gasteiger charge is -2.07. The Morgan fingerprint density at radius 3 is 2.39 bits per heavy atom. The Morgan fingerprint density at radius 2 is 1.72 bits per heavy atom. The van der Waals surface area contributed by atoms with Crippen molar-refractivity contribution in [2.75, 3.05) is 0 Å². The minimum absolute atomic E-state index is 0.137. The van der Waals surface area contributed by atoms with E-state index in [0.29, 0.717) is 5.56 Å². The van der Waals surface area contributed by atoms with Crippen molar-refractivity contribution in [1.29, 1.82) is 0 Å². The van der Waals surface area contributed by atoms with Gasteiger partial charge in [-0.2, -0.15) is 0 Å². The van der Waals surface area contributed by atoms with E-state index in [0.717, 1.165) is 3.57 Å². The fourth-order valence-corrected chi connectivity index (χ4v) is 1.93. The number of hydrazine groups is 1. The highest BCUT2D eigenvalue weighted by molar-refractivity contribution is 14.1. The molecule has 2 amide bonds. The van der Waals surface area contributed by atoms with Crippen LogP contribution in [-0.4, -0.2) is 11.8 Å². The van der Waals surface area contributed by atoms with Gasteiger partial charge in [-0.05, 0) is 46.9 Å². The van der Waals surface area contributed by atoms with Crippen LogP contribution in [0.3, 0.4) is 0 Å². The fourth-order valence-electron chi connectivity index (χ4n) is 1.30. The minimum Gasteiger partial charge on any atom is -0.459 e. The van der Waals surface area contributed by atoms with Gasteiger partial charge in [0, 0.05) is 3.57 Å². The summed E-state index contributed by atoms with van der Waals surface area (Å²) in [4.78, 5) is 23.3. The highest BCUT2D eigenvalue weighted by Gasteiger charge is 2.12. The highest BCUT2D eigenvalue weighted by atomic mass is 127. The van der Waals surface area contributed by atoms with Gasteiger partial charge in [-0.15, -0.1) is 0 Å². The second-order valence-corrected chi connectivity index (χ2v) is 4.53. The van der Waals surface area contributed by atoms with E-state index in [-0.39, 0.29) is 11.7 Å². The first-order valence-corrected chi connectivity index (χ1v) is 6.15. The Labute approximate surface area is 117 Å². The number of nitrogens with one attached hydrogen (secondary N) is 2. The van der Waals surface area contributed by atoms with Crippen molar-refractivity contribution in [2.45, 2.75) is 0 Å². The van der Waals surface area contributed by atoms with Crippen LogP contribution in [0.4, 0.5) is 0 Å². The molecule has 2 aromatic rings. The van der Waals surface area contributed by atoms with Crippen molar-refractivity contribution in [2.24, 2.45) is 0 Å². The molecule has 6 heteroatoms. The van der Waals surface area contributed by atoms with Gasteiger partial charge in [0.1, 0.15) is 0 Å². The summed E-state index contributed by atoms with van der Waals surface area (Å²) in [7, 11) is 0. The van der Waals surface area contributed by atoms with Gasteiger partial charge in [-0.1, -0.05) is 12.1 Å². The Morgan fingerprint density at radius 1 is 1.00 bits per heavy atom. The predicted octanol–water partition coefficient (Wildman–Crippen LogP) is 1.96. The van der Waals surface area contributed by atoms with Crippen molar-refractivity contribution >= 4 is 34.4 Å². The van der Waals surface area contributed by atoms with E-state index < -0.39 is 5.91 Å². The van der Waals surface area contributed by atoms with Gasteiger partial charge in [-0.25, -0.2) is 0 Å². The number of benzene rings is 1. The summed E-state index contributed by atoms with van der Waals surface area (Å²) in [5.74, 6) is -0.739. The lowest BCUT2D eigenvalue weighted by Crippen LogP contribution is -2.41. The van der Waals surface area contributed by atoms with Gasteiger partial charge in [-0.3, -0.25) is 20.4 Å². The zero-order valence-electron chi connectivity index (χ0n) is 9.14. The highest BCUT2D eigenvalue weighted by Crippen LogP contribution is 2.10. The third-order valence-corrected chi connectivity index (χ3v) is 3.09. The number of hydrogen-bond acceptors (Lipinski definition) is 3. The zero-order valence-corrected chi connectivity index (χ0v) is 11.3. The third kappa shape index (κ3) is 2.89. The number of furan rings is 1. The van der Waals surface area contributed by atoms with E-state index in [1.54, 1.807) is 18.2 Å². The van der Waals surface area contributed by atoms with Crippen LogP contribution in [0.5, 0.6) is 0 Å². The SMILES string of the molecule is O=C(NNC(=O)c1ccccc1I)c1ccco1. The quantitative estimate of drug-likeness (QED) is 0.638. The monoisotopic (exact) mass is 356 g/mol. The molecule has 0 atom stereocenters. The van der Waals surface area contributed by atoms with Crippen molar-refractivity contribution < 1.29 is 14.0 Å². The van der Waals surface area contributed by atoms with Gasteiger partial charge in [0.05, 0.1) is 11.8 Å². The second-order valence-electron chi connectivity index (χ2n) is 3.37. The summed E-state index contributed by atoms with van der Waals surface area (Å²) >= 11 is 2.05. The molecule has 1 aromatic heterocycles. The molecular weight excluding hydrogens is 347 g/mol. The molecule has 0 fully saturated rings. The Balaban J connectivity index is 1.97. The predicted molar refractivity (Wildman–Crippen MR) is 72.8 cm³/mol. The number of carbonyl (C=O) groups excluding carboxylic acids is 2. The van der Waals surface area contributed by atoms with Gasteiger partial charge in [0.25, 0.3) is 5.91 Å². The van der Waals surface area contributed by atoms with Crippen molar-refractivity contribution in [3.8, 4) is 0 Å². The minimum atomic E-state index is -0.501. The first-order chi connectivity index (χ1) is 8.68. The molecule has 1 heterocycles. The van der Waals surface area contributed by atoms with E-state index in [1.165, 1.54) is 12.3 Å². The summed E-state index contributed by atoms with van der Waals surface area (Å²) in [5.41, 5.74) is 5.10. The standard InChI is InChI=1S/C12H9IN2O3/c13-9-5-2-1-4-8(9)11(16)14-15-12(17)10-6-3-7-18-10/h1-7H,(H,14,16)(H,15,17). The van der Waals surface area contributed by atoms with Crippen molar-refractivity contribution in [1.82, 2.24) is 10.9 Å². The number of rotatable bonds is 2. The van der Waals surface area contributed by atoms with Crippen LogP contribution in [0.25, 0.3) is 0 Å². The maximum Gasteiger partial charge on any atom is 0.305 e. The molecular formula is C12H9IN2O3. The molecule has 92 valence electrons. The van der Waals surface area contributed by atoms with Crippen LogP contribution >= 0.6 is 22.6 Å². The molecule has 0 spiro atoms. The molecule has 0 aliphatic carbocycles. The van der Waals surface area contributed by atoms with Crippen molar-refractivity contribution in [3.63, 3.8) is 0 Å². The second kappa shape index (κ2) is 5.67. The molecule has 0 bridgehead atoms. The van der Waals surface area contributed by atoms with Gasteiger partial charge >= 0.3 is 5.91 Å². The number of hydrogen-bond donors (Lipinski definition) is 2. The van der Waals surface area contributed by atoms with Gasteiger partial charge in [0.15, 0.2) is 5.76 Å². The molecule has 0 aliphatic heterocycles. The first kappa shape index (κ1) is 12.6. The lowest BCUT2D eigenvalue weighted by atomic mass is 10.2. The summed E-state index contributed by atoms with van der Waals surface area (Å²) in [6.07, 6.45) is 1.39. The lowest BCUT2D eigenvalue weighted by molar-refractivity contribution is 0.0830. The average Bonchev–Trinajstić information content (AvgIpc) is 2.90. The van der Waals surface area contributed by atoms with E-state index in [4.69, 9.17) is 4.42 Å². The summed E-state index contributed by atoms with van der Waals surface area (Å²) in [5, 5.41) is 0. The van der Waals surface area contributed by atoms with Crippen LogP contribution < -0.4 is 10.9 Å². The number of carbonyl (C=O) groups is 2. The molecule has 0 radical (unpaired) electrons. The maximum atomic E-state index is 11.8. The molecule has 0 aliphatic rings. The molecule has 0 unspecified atom stereocenters. The maximum absolute atomic E-state index is 11.8. The van der Waals surface area contributed by atoms with E-state index in [1.807, 2.05) is 12.1 Å². The van der Waals surface area contributed by atoms with Gasteiger partial charge in [0.2, 0.25) is 0 Å². The van der Waals surface area contributed by atoms with E-state index in [2.05, 4.69) is 33.4 Å². The average molecular weight is 356 g/mol. The van der Waals surface area contributed by atoms with Crippen LogP contribution in [0.1, 0.15) is 20.9 Å². The Hall–Kier alpha value is -1.83. The zero-order chi connectivity index (χ0) is 13.0.